The summed E-state index contributed by atoms with van der Waals surface area (Å²) >= 11 is 0. The highest BCUT2D eigenvalue weighted by Crippen LogP contribution is 2.22. The quantitative estimate of drug-likeness (QED) is 0.835. The number of para-hydroxylation sites is 1. The Kier molecular flexibility index (Phi) is 4.94. The van der Waals surface area contributed by atoms with Crippen molar-refractivity contribution < 1.29 is 18.3 Å². The van der Waals surface area contributed by atoms with Crippen molar-refractivity contribution in [3.05, 3.63) is 24.3 Å². The third-order valence-electron chi connectivity index (χ3n) is 2.62. The van der Waals surface area contributed by atoms with Crippen LogP contribution >= 0.6 is 0 Å². The van der Waals surface area contributed by atoms with Crippen molar-refractivity contribution in [1.82, 2.24) is 0 Å². The number of carboxylic acids is 1. The van der Waals surface area contributed by atoms with E-state index in [2.05, 4.69) is 5.32 Å². The van der Waals surface area contributed by atoms with Gasteiger partial charge in [0, 0.05) is 6.26 Å². The Balaban J connectivity index is 3.07. The van der Waals surface area contributed by atoms with Gasteiger partial charge < -0.3 is 10.4 Å². The number of sulfone groups is 1. The molecule has 0 aliphatic heterocycles. The lowest BCUT2D eigenvalue weighted by Crippen LogP contribution is -2.31. The lowest BCUT2D eigenvalue weighted by atomic mass is 10.0. The average molecular weight is 285 g/mol. The van der Waals surface area contributed by atoms with Gasteiger partial charge in [0.25, 0.3) is 0 Å². The summed E-state index contributed by atoms with van der Waals surface area (Å²) in [6, 6.07) is 5.52. The van der Waals surface area contributed by atoms with Crippen LogP contribution in [0.4, 0.5) is 5.69 Å². The van der Waals surface area contributed by atoms with Crippen LogP contribution in [0.15, 0.2) is 29.2 Å². The smallest absolute Gasteiger partial charge is 0.326 e. The molecule has 1 rings (SSSR count). The number of rotatable bonds is 6. The van der Waals surface area contributed by atoms with Gasteiger partial charge in [0.15, 0.2) is 9.84 Å². The predicted molar refractivity (Wildman–Crippen MR) is 74.1 cm³/mol. The molecule has 0 fully saturated rings. The third kappa shape index (κ3) is 4.55. The molecule has 0 saturated carbocycles. The van der Waals surface area contributed by atoms with Crippen LogP contribution in [0, 0.1) is 5.92 Å². The molecule has 0 spiro atoms. The summed E-state index contributed by atoms with van der Waals surface area (Å²) < 4.78 is 23.3. The number of nitrogens with one attached hydrogen (secondary N) is 1. The standard InChI is InChI=1S/C13H19NO4S/c1-9(2)8-11(13(15)16)14-10-6-4-5-7-12(10)19(3,17)18/h4-7,9,11,14H,8H2,1-3H3,(H,15,16). The molecule has 0 saturated heterocycles. The molecule has 1 atom stereocenters. The van der Waals surface area contributed by atoms with Crippen molar-refractivity contribution in [3.63, 3.8) is 0 Å². The fourth-order valence-corrected chi connectivity index (χ4v) is 2.64. The van der Waals surface area contributed by atoms with Gasteiger partial charge in [-0.05, 0) is 24.5 Å². The zero-order valence-corrected chi connectivity index (χ0v) is 12.1. The lowest BCUT2D eigenvalue weighted by molar-refractivity contribution is -0.138. The number of benzene rings is 1. The molecule has 0 heterocycles. The van der Waals surface area contributed by atoms with Crippen molar-refractivity contribution in [3.8, 4) is 0 Å². The van der Waals surface area contributed by atoms with Crippen LogP contribution in [0.5, 0.6) is 0 Å². The van der Waals surface area contributed by atoms with E-state index in [1.54, 1.807) is 18.2 Å². The van der Waals surface area contributed by atoms with Gasteiger partial charge >= 0.3 is 5.97 Å². The van der Waals surface area contributed by atoms with E-state index in [0.717, 1.165) is 6.26 Å². The summed E-state index contributed by atoms with van der Waals surface area (Å²) in [6.45, 7) is 3.83. The molecule has 6 heteroatoms. The van der Waals surface area contributed by atoms with Crippen molar-refractivity contribution in [2.24, 2.45) is 5.92 Å². The minimum absolute atomic E-state index is 0.116. The van der Waals surface area contributed by atoms with E-state index in [0.29, 0.717) is 12.1 Å². The number of anilines is 1. The van der Waals surface area contributed by atoms with Crippen molar-refractivity contribution in [2.75, 3.05) is 11.6 Å². The maximum atomic E-state index is 11.6. The minimum atomic E-state index is -3.39. The van der Waals surface area contributed by atoms with Crippen LogP contribution in [0.1, 0.15) is 20.3 Å². The molecule has 5 nitrogen and oxygen atoms in total. The molecule has 0 aliphatic carbocycles. The first-order valence-electron chi connectivity index (χ1n) is 6.00. The molecule has 0 amide bonds. The van der Waals surface area contributed by atoms with E-state index in [4.69, 9.17) is 5.11 Å². The van der Waals surface area contributed by atoms with E-state index >= 15 is 0 Å². The number of hydrogen-bond donors (Lipinski definition) is 2. The van der Waals surface area contributed by atoms with E-state index in [1.807, 2.05) is 13.8 Å². The summed E-state index contributed by atoms with van der Waals surface area (Å²) in [7, 11) is -3.39. The summed E-state index contributed by atoms with van der Waals surface area (Å²) in [4.78, 5) is 11.3. The second kappa shape index (κ2) is 6.06. The van der Waals surface area contributed by atoms with Gasteiger partial charge in [0.05, 0.1) is 10.6 Å². The molecule has 1 aromatic rings. The van der Waals surface area contributed by atoms with Crippen LogP contribution in [0.25, 0.3) is 0 Å². The summed E-state index contributed by atoms with van der Waals surface area (Å²) in [5.41, 5.74) is 0.332. The molecule has 1 aromatic carbocycles. The summed E-state index contributed by atoms with van der Waals surface area (Å²) in [5.74, 6) is -0.795. The molecular weight excluding hydrogens is 266 g/mol. The van der Waals surface area contributed by atoms with E-state index < -0.39 is 21.8 Å². The van der Waals surface area contributed by atoms with Crippen LogP contribution in [0.2, 0.25) is 0 Å². The molecule has 0 aromatic heterocycles. The highest BCUT2D eigenvalue weighted by atomic mass is 32.2. The Labute approximate surface area is 113 Å². The minimum Gasteiger partial charge on any atom is -0.480 e. The number of carbonyl (C=O) groups is 1. The zero-order valence-electron chi connectivity index (χ0n) is 11.3. The summed E-state index contributed by atoms with van der Waals surface area (Å²) in [5, 5.41) is 12.0. The molecule has 0 aliphatic rings. The van der Waals surface area contributed by atoms with Crippen LogP contribution in [0.3, 0.4) is 0 Å². The van der Waals surface area contributed by atoms with Gasteiger partial charge in [-0.2, -0.15) is 0 Å². The highest BCUT2D eigenvalue weighted by Gasteiger charge is 2.21. The highest BCUT2D eigenvalue weighted by molar-refractivity contribution is 7.90. The predicted octanol–water partition coefficient (Wildman–Crippen LogP) is 2.00. The molecular formula is C13H19NO4S. The Morgan fingerprint density at radius 2 is 1.89 bits per heavy atom. The first-order chi connectivity index (χ1) is 8.71. The van der Waals surface area contributed by atoms with Crippen molar-refractivity contribution in [2.45, 2.75) is 31.2 Å². The average Bonchev–Trinajstić information content (AvgIpc) is 2.26. The van der Waals surface area contributed by atoms with Crippen LogP contribution < -0.4 is 5.32 Å². The number of carboxylic acid groups (broad SMARTS) is 1. The normalized spacial score (nSPS) is 13.3. The topological polar surface area (TPSA) is 83.5 Å². The van der Waals surface area contributed by atoms with Gasteiger partial charge in [-0.3, -0.25) is 0 Å². The number of hydrogen-bond acceptors (Lipinski definition) is 4. The first-order valence-corrected chi connectivity index (χ1v) is 7.89. The summed E-state index contributed by atoms with van der Waals surface area (Å²) in [6.07, 6.45) is 1.53. The Hall–Kier alpha value is -1.56. The third-order valence-corrected chi connectivity index (χ3v) is 3.78. The maximum Gasteiger partial charge on any atom is 0.326 e. The van der Waals surface area contributed by atoms with E-state index in [-0.39, 0.29) is 10.8 Å². The monoisotopic (exact) mass is 285 g/mol. The second-order valence-corrected chi connectivity index (χ2v) is 6.92. The SMILES string of the molecule is CC(C)CC(Nc1ccccc1S(C)(=O)=O)C(=O)O. The van der Waals surface area contributed by atoms with Crippen molar-refractivity contribution in [1.29, 1.82) is 0 Å². The Morgan fingerprint density at radius 1 is 1.32 bits per heavy atom. The second-order valence-electron chi connectivity index (χ2n) is 4.93. The fourth-order valence-electron chi connectivity index (χ4n) is 1.79. The molecule has 2 N–H and O–H groups in total. The van der Waals surface area contributed by atoms with Gasteiger partial charge in [0.1, 0.15) is 6.04 Å². The first kappa shape index (κ1) is 15.5. The lowest BCUT2D eigenvalue weighted by Gasteiger charge is -2.19. The van der Waals surface area contributed by atoms with Gasteiger partial charge in [0.2, 0.25) is 0 Å². The molecule has 1 unspecified atom stereocenters. The van der Waals surface area contributed by atoms with Crippen molar-refractivity contribution >= 4 is 21.5 Å². The zero-order chi connectivity index (χ0) is 14.6. The molecule has 0 radical (unpaired) electrons. The fraction of sp³-hybridized carbons (Fsp3) is 0.462. The van der Waals surface area contributed by atoms with Gasteiger partial charge in [-0.1, -0.05) is 26.0 Å². The molecule has 106 valence electrons. The Morgan fingerprint density at radius 3 is 2.37 bits per heavy atom. The van der Waals surface area contributed by atoms with Gasteiger partial charge in [-0.15, -0.1) is 0 Å². The van der Waals surface area contributed by atoms with Crippen LogP contribution in [-0.4, -0.2) is 31.8 Å². The van der Waals surface area contributed by atoms with E-state index in [1.165, 1.54) is 6.07 Å². The Bertz CT molecular complexity index is 552. The maximum absolute atomic E-state index is 11.6. The largest absolute Gasteiger partial charge is 0.480 e. The van der Waals surface area contributed by atoms with Crippen LogP contribution in [-0.2, 0) is 14.6 Å². The molecule has 0 bridgehead atoms. The molecule has 19 heavy (non-hydrogen) atoms. The number of aliphatic carboxylic acids is 1. The van der Waals surface area contributed by atoms with Gasteiger partial charge in [-0.25, -0.2) is 13.2 Å². The van der Waals surface area contributed by atoms with E-state index in [9.17, 15) is 13.2 Å².